The molecule has 7 heteroatoms. The minimum atomic E-state index is -0.346. The number of carbonyl (C=O) groups is 1. The second-order valence-electron chi connectivity index (χ2n) is 5.27. The summed E-state index contributed by atoms with van der Waals surface area (Å²) in [4.78, 5) is 13.2. The first kappa shape index (κ1) is 15.7. The Hall–Kier alpha value is -2.21. The summed E-state index contributed by atoms with van der Waals surface area (Å²) in [6.07, 6.45) is 2.46. The molecule has 1 aromatic heterocycles. The third-order valence-electron chi connectivity index (χ3n) is 3.76. The number of aryl methyl sites for hydroxylation is 1. The topological polar surface area (TPSA) is 59.2 Å². The van der Waals surface area contributed by atoms with Crippen molar-refractivity contribution in [2.45, 2.75) is 13.3 Å². The number of halogens is 2. The molecule has 2 heterocycles. The molecular weight excluding hydrogens is 321 g/mol. The summed E-state index contributed by atoms with van der Waals surface area (Å²) in [6, 6.07) is 4.84. The van der Waals surface area contributed by atoms with Crippen LogP contribution in [-0.2, 0) is 4.79 Å². The molecule has 1 aliphatic heterocycles. The molecule has 0 bridgehead atoms. The van der Waals surface area contributed by atoms with Crippen LogP contribution in [0.3, 0.4) is 0 Å². The lowest BCUT2D eigenvalue weighted by atomic mass is 9.97. The van der Waals surface area contributed by atoms with E-state index < -0.39 is 0 Å². The van der Waals surface area contributed by atoms with Gasteiger partial charge in [0.2, 0.25) is 17.7 Å². The first-order valence-electron chi connectivity index (χ1n) is 7.21. The lowest BCUT2D eigenvalue weighted by Crippen LogP contribution is -2.35. The van der Waals surface area contributed by atoms with E-state index >= 15 is 0 Å². The Morgan fingerprint density at radius 3 is 2.83 bits per heavy atom. The van der Waals surface area contributed by atoms with E-state index in [9.17, 15) is 9.18 Å². The maximum absolute atomic E-state index is 14.4. The first-order valence-corrected chi connectivity index (χ1v) is 7.75. The zero-order valence-corrected chi connectivity index (χ0v) is 13.3. The SMILES string of the molecule is Cc1nnc(-c2ccc(C3=CCN(C(=O)CCl)CC3)c(F)c2)o1. The Kier molecular flexibility index (Phi) is 4.43. The van der Waals surface area contributed by atoms with E-state index in [1.807, 2.05) is 6.08 Å². The molecule has 1 aliphatic rings. The van der Waals surface area contributed by atoms with Crippen molar-refractivity contribution >= 4 is 23.1 Å². The molecule has 0 N–H and O–H groups in total. The summed E-state index contributed by atoms with van der Waals surface area (Å²) in [7, 11) is 0. The molecule has 0 aliphatic carbocycles. The Bertz CT molecular complexity index is 772. The van der Waals surface area contributed by atoms with Gasteiger partial charge in [-0.3, -0.25) is 4.79 Å². The molecular formula is C16H15ClFN3O2. The molecule has 0 atom stereocenters. The third kappa shape index (κ3) is 3.27. The molecule has 0 fully saturated rings. The van der Waals surface area contributed by atoms with Crippen LogP contribution in [0.25, 0.3) is 17.0 Å². The van der Waals surface area contributed by atoms with Crippen molar-refractivity contribution in [3.8, 4) is 11.5 Å². The summed E-state index contributed by atoms with van der Waals surface area (Å²) >= 11 is 5.55. The van der Waals surface area contributed by atoms with Crippen molar-refractivity contribution in [2.24, 2.45) is 0 Å². The molecule has 0 saturated heterocycles. The monoisotopic (exact) mass is 335 g/mol. The molecule has 2 aromatic rings. The zero-order valence-electron chi connectivity index (χ0n) is 12.6. The van der Waals surface area contributed by atoms with Gasteiger partial charge >= 0.3 is 0 Å². The van der Waals surface area contributed by atoms with Gasteiger partial charge in [-0.15, -0.1) is 21.8 Å². The highest BCUT2D eigenvalue weighted by molar-refractivity contribution is 6.27. The van der Waals surface area contributed by atoms with Gasteiger partial charge in [-0.25, -0.2) is 4.39 Å². The number of alkyl halides is 1. The summed E-state index contributed by atoms with van der Waals surface area (Å²) in [5.41, 5.74) is 1.96. The van der Waals surface area contributed by atoms with Crippen LogP contribution in [0.1, 0.15) is 17.9 Å². The minimum absolute atomic E-state index is 0.0319. The highest BCUT2D eigenvalue weighted by atomic mass is 35.5. The Labute approximate surface area is 137 Å². The Morgan fingerprint density at radius 2 is 2.26 bits per heavy atom. The fraction of sp³-hybridized carbons (Fsp3) is 0.312. The number of hydrogen-bond donors (Lipinski definition) is 0. The van der Waals surface area contributed by atoms with Gasteiger partial charge in [-0.1, -0.05) is 12.1 Å². The van der Waals surface area contributed by atoms with Gasteiger partial charge in [0.1, 0.15) is 11.7 Å². The Balaban J connectivity index is 1.82. The van der Waals surface area contributed by atoms with Gasteiger partial charge in [0.05, 0.1) is 0 Å². The van der Waals surface area contributed by atoms with Crippen LogP contribution in [0, 0.1) is 12.7 Å². The molecule has 1 amide bonds. The van der Waals surface area contributed by atoms with Crippen molar-refractivity contribution in [3.05, 3.63) is 41.5 Å². The van der Waals surface area contributed by atoms with Gasteiger partial charge in [0.25, 0.3) is 0 Å². The fourth-order valence-electron chi connectivity index (χ4n) is 2.55. The summed E-state index contributed by atoms with van der Waals surface area (Å²) < 4.78 is 19.7. The normalized spacial score (nSPS) is 14.7. The molecule has 0 radical (unpaired) electrons. The van der Waals surface area contributed by atoms with Crippen molar-refractivity contribution < 1.29 is 13.6 Å². The van der Waals surface area contributed by atoms with Crippen LogP contribution in [0.4, 0.5) is 4.39 Å². The van der Waals surface area contributed by atoms with E-state index in [1.165, 1.54) is 6.07 Å². The van der Waals surface area contributed by atoms with Crippen LogP contribution in [0.5, 0.6) is 0 Å². The van der Waals surface area contributed by atoms with E-state index in [0.29, 0.717) is 42.4 Å². The van der Waals surface area contributed by atoms with E-state index in [2.05, 4.69) is 10.2 Å². The summed E-state index contributed by atoms with van der Waals surface area (Å²) in [5, 5.41) is 7.62. The van der Waals surface area contributed by atoms with Crippen molar-refractivity contribution in [1.82, 2.24) is 15.1 Å². The average molecular weight is 336 g/mol. The number of nitrogens with zero attached hydrogens (tertiary/aromatic N) is 3. The largest absolute Gasteiger partial charge is 0.421 e. The molecule has 0 unspecified atom stereocenters. The molecule has 0 spiro atoms. The predicted octanol–water partition coefficient (Wildman–Crippen LogP) is 3.04. The average Bonchev–Trinajstić information content (AvgIpc) is 3.01. The molecule has 120 valence electrons. The van der Waals surface area contributed by atoms with Crippen LogP contribution in [-0.4, -0.2) is 40.0 Å². The number of amides is 1. The van der Waals surface area contributed by atoms with E-state index in [4.69, 9.17) is 16.0 Å². The highest BCUT2D eigenvalue weighted by Gasteiger charge is 2.19. The van der Waals surface area contributed by atoms with Crippen LogP contribution >= 0.6 is 11.6 Å². The highest BCUT2D eigenvalue weighted by Crippen LogP contribution is 2.28. The number of carbonyl (C=O) groups excluding carboxylic acids is 1. The van der Waals surface area contributed by atoms with Crippen molar-refractivity contribution in [1.29, 1.82) is 0 Å². The van der Waals surface area contributed by atoms with E-state index in [-0.39, 0.29) is 17.6 Å². The second-order valence-corrected chi connectivity index (χ2v) is 5.54. The smallest absolute Gasteiger partial charge is 0.247 e. The quantitative estimate of drug-likeness (QED) is 0.809. The Morgan fingerprint density at radius 1 is 1.43 bits per heavy atom. The molecule has 3 rings (SSSR count). The second kappa shape index (κ2) is 6.50. The van der Waals surface area contributed by atoms with Crippen molar-refractivity contribution in [2.75, 3.05) is 19.0 Å². The number of benzene rings is 1. The van der Waals surface area contributed by atoms with Gasteiger partial charge in [-0.05, 0) is 24.1 Å². The maximum atomic E-state index is 14.4. The summed E-state index contributed by atoms with van der Waals surface area (Å²) in [5.74, 6) is 0.245. The zero-order chi connectivity index (χ0) is 16.4. The third-order valence-corrected chi connectivity index (χ3v) is 3.99. The van der Waals surface area contributed by atoms with Gasteiger partial charge in [-0.2, -0.15) is 0 Å². The molecule has 1 aromatic carbocycles. The van der Waals surface area contributed by atoms with Crippen LogP contribution in [0.15, 0.2) is 28.7 Å². The lowest BCUT2D eigenvalue weighted by Gasteiger charge is -2.26. The maximum Gasteiger partial charge on any atom is 0.247 e. The number of hydrogen-bond acceptors (Lipinski definition) is 4. The fourth-order valence-corrected chi connectivity index (χ4v) is 2.72. The standard InChI is InChI=1S/C16H15ClFN3O2/c1-10-19-20-16(23-10)12-2-3-13(14(18)8-12)11-4-6-21(7-5-11)15(22)9-17/h2-4,8H,5-7,9H2,1H3. The first-order chi connectivity index (χ1) is 11.1. The van der Waals surface area contributed by atoms with Crippen molar-refractivity contribution in [3.63, 3.8) is 0 Å². The number of rotatable bonds is 3. The lowest BCUT2D eigenvalue weighted by molar-refractivity contribution is -0.128. The minimum Gasteiger partial charge on any atom is -0.421 e. The van der Waals surface area contributed by atoms with Crippen LogP contribution in [0.2, 0.25) is 0 Å². The van der Waals surface area contributed by atoms with Crippen LogP contribution < -0.4 is 0 Å². The molecule has 5 nitrogen and oxygen atoms in total. The summed E-state index contributed by atoms with van der Waals surface area (Å²) in [6.45, 7) is 2.67. The van der Waals surface area contributed by atoms with Gasteiger partial charge in [0, 0.05) is 31.1 Å². The van der Waals surface area contributed by atoms with Gasteiger partial charge < -0.3 is 9.32 Å². The molecule has 23 heavy (non-hydrogen) atoms. The molecule has 0 saturated carbocycles. The predicted molar refractivity (Wildman–Crippen MR) is 84.3 cm³/mol. The van der Waals surface area contributed by atoms with E-state index in [0.717, 1.165) is 5.57 Å². The van der Waals surface area contributed by atoms with Gasteiger partial charge in [0.15, 0.2) is 0 Å². The van der Waals surface area contributed by atoms with E-state index in [1.54, 1.807) is 24.0 Å². The number of aromatic nitrogens is 2.